The monoisotopic (exact) mass is 421 g/mol. The predicted octanol–water partition coefficient (Wildman–Crippen LogP) is 6.15. The van der Waals surface area contributed by atoms with Gasteiger partial charge in [-0.3, -0.25) is 9.78 Å². The lowest BCUT2D eigenvalue weighted by Gasteiger charge is -2.13. The molecule has 31 heavy (non-hydrogen) atoms. The second kappa shape index (κ2) is 9.29. The van der Waals surface area contributed by atoms with Gasteiger partial charge in [-0.15, -0.1) is 0 Å². The summed E-state index contributed by atoms with van der Waals surface area (Å²) in [5, 5.41) is 9.51. The molecule has 2 unspecified atom stereocenters. The number of carboxylic acids is 1. The normalized spacial score (nSPS) is 20.9. The Kier molecular flexibility index (Phi) is 6.74. The Balaban J connectivity index is 1.78. The summed E-state index contributed by atoms with van der Waals surface area (Å²) in [6.45, 7) is 11.7. The number of ether oxygens (including phenoxy) is 1. The molecule has 162 valence electrons. The highest BCUT2D eigenvalue weighted by atomic mass is 19.1. The fourth-order valence-corrected chi connectivity index (χ4v) is 4.33. The van der Waals surface area contributed by atoms with E-state index in [2.05, 4.69) is 11.6 Å². The second-order valence-electron chi connectivity index (χ2n) is 8.09. The first-order valence-corrected chi connectivity index (χ1v) is 10.4. The Hall–Kier alpha value is -3.21. The van der Waals surface area contributed by atoms with Crippen LogP contribution in [0.2, 0.25) is 0 Å². The maximum Gasteiger partial charge on any atom is 0.311 e. The Morgan fingerprint density at radius 3 is 2.65 bits per heavy atom. The number of aryl methyl sites for hydroxylation is 2. The molecule has 0 spiro atoms. The van der Waals surface area contributed by atoms with Crippen molar-refractivity contribution in [2.24, 2.45) is 11.8 Å². The van der Waals surface area contributed by atoms with E-state index in [-0.39, 0.29) is 12.5 Å². The molecule has 1 aliphatic carbocycles. The van der Waals surface area contributed by atoms with Crippen molar-refractivity contribution < 1.29 is 19.0 Å². The van der Waals surface area contributed by atoms with Gasteiger partial charge in [-0.05, 0) is 67.5 Å². The molecule has 2 aromatic rings. The molecule has 0 aliphatic heterocycles. The first kappa shape index (κ1) is 22.5. The number of pyridine rings is 1. The van der Waals surface area contributed by atoms with Crippen LogP contribution in [-0.4, -0.2) is 16.1 Å². The molecule has 1 N–H and O–H groups in total. The molecule has 0 bridgehead atoms. The van der Waals surface area contributed by atoms with Gasteiger partial charge in [-0.25, -0.2) is 4.39 Å². The second-order valence-corrected chi connectivity index (χ2v) is 8.09. The van der Waals surface area contributed by atoms with E-state index < -0.39 is 17.7 Å². The van der Waals surface area contributed by atoms with Crippen LogP contribution < -0.4 is 0 Å². The van der Waals surface area contributed by atoms with Gasteiger partial charge < -0.3 is 9.84 Å². The van der Waals surface area contributed by atoms with Crippen LogP contribution in [0.4, 0.5) is 4.39 Å². The number of carbonyl (C=O) groups is 1. The van der Waals surface area contributed by atoms with E-state index in [1.807, 2.05) is 52.0 Å². The average Bonchev–Trinajstić information content (AvgIpc) is 3.02. The molecule has 0 radical (unpaired) electrons. The van der Waals surface area contributed by atoms with E-state index >= 15 is 0 Å². The molecule has 0 amide bonds. The van der Waals surface area contributed by atoms with Gasteiger partial charge in [0.25, 0.3) is 0 Å². The Morgan fingerprint density at radius 2 is 2.03 bits per heavy atom. The highest BCUT2D eigenvalue weighted by Gasteiger charge is 2.36. The van der Waals surface area contributed by atoms with Crippen LogP contribution in [0.25, 0.3) is 11.3 Å². The van der Waals surface area contributed by atoms with Gasteiger partial charge in [0.15, 0.2) is 0 Å². The minimum atomic E-state index is -0.826. The van der Waals surface area contributed by atoms with Gasteiger partial charge in [0.05, 0.1) is 17.8 Å². The summed E-state index contributed by atoms with van der Waals surface area (Å²) in [5.41, 5.74) is 5.91. The number of nitrogens with zero attached hydrogens (tertiary/aromatic N) is 1. The van der Waals surface area contributed by atoms with Crippen molar-refractivity contribution in [3.63, 3.8) is 0 Å². The predicted molar refractivity (Wildman–Crippen MR) is 120 cm³/mol. The average molecular weight is 422 g/mol. The molecule has 1 aliphatic rings. The molecule has 3 rings (SSSR count). The lowest BCUT2D eigenvalue weighted by Crippen LogP contribution is -2.17. The maximum atomic E-state index is 14.4. The fourth-order valence-electron chi connectivity index (χ4n) is 4.33. The van der Waals surface area contributed by atoms with Crippen molar-refractivity contribution in [2.75, 3.05) is 0 Å². The van der Waals surface area contributed by atoms with Crippen molar-refractivity contribution >= 4 is 5.97 Å². The van der Waals surface area contributed by atoms with Crippen molar-refractivity contribution in [1.29, 1.82) is 0 Å². The molecule has 5 heteroatoms. The standard InChI is InChI=1S/C26H28FNO3/c1-6-21-19(10-17(4)25(21)26(29)30)11-18(5)31-14-20-12-23(28-13-22(20)27)24-15(2)8-7-9-16(24)3/h6-9,11-13,17,25H,5,10,14H2,1-4H3,(H,29,30)/b19-11-,21-6+. The smallest absolute Gasteiger partial charge is 0.311 e. The number of rotatable bonds is 6. The number of halogens is 1. The first-order chi connectivity index (χ1) is 14.7. The van der Waals surface area contributed by atoms with Crippen LogP contribution in [0.3, 0.4) is 0 Å². The zero-order valence-corrected chi connectivity index (χ0v) is 18.4. The van der Waals surface area contributed by atoms with Gasteiger partial charge in [0.1, 0.15) is 18.2 Å². The van der Waals surface area contributed by atoms with E-state index in [0.29, 0.717) is 23.4 Å². The van der Waals surface area contributed by atoms with Gasteiger partial charge in [0.2, 0.25) is 0 Å². The number of benzene rings is 1. The first-order valence-electron chi connectivity index (χ1n) is 10.4. The Bertz CT molecular complexity index is 1060. The van der Waals surface area contributed by atoms with E-state index in [1.165, 1.54) is 6.20 Å². The van der Waals surface area contributed by atoms with Crippen LogP contribution in [0, 0.1) is 31.5 Å². The molecule has 2 atom stereocenters. The van der Waals surface area contributed by atoms with Crippen LogP contribution in [0.1, 0.15) is 37.0 Å². The lowest BCUT2D eigenvalue weighted by atomic mass is 9.94. The molecular formula is C26H28FNO3. The van der Waals surface area contributed by atoms with E-state index in [1.54, 1.807) is 12.1 Å². The molecule has 4 nitrogen and oxygen atoms in total. The molecule has 1 aromatic heterocycles. The third kappa shape index (κ3) is 4.76. The quantitative estimate of drug-likeness (QED) is 0.569. The Labute approximate surface area is 182 Å². The van der Waals surface area contributed by atoms with Crippen molar-refractivity contribution in [3.05, 3.63) is 88.6 Å². The topological polar surface area (TPSA) is 59.4 Å². The summed E-state index contributed by atoms with van der Waals surface area (Å²) < 4.78 is 20.1. The van der Waals surface area contributed by atoms with Gasteiger partial charge in [-0.1, -0.05) is 37.8 Å². The zero-order valence-electron chi connectivity index (χ0n) is 18.4. The largest absolute Gasteiger partial charge is 0.489 e. The number of allylic oxidation sites excluding steroid dienone is 3. The van der Waals surface area contributed by atoms with Crippen molar-refractivity contribution in [3.8, 4) is 11.3 Å². The molecule has 1 fully saturated rings. The number of aromatic nitrogens is 1. The van der Waals surface area contributed by atoms with Crippen molar-refractivity contribution in [2.45, 2.75) is 40.7 Å². The van der Waals surface area contributed by atoms with Crippen LogP contribution >= 0.6 is 0 Å². The number of carboxylic acid groups (broad SMARTS) is 1. The van der Waals surface area contributed by atoms with E-state index in [0.717, 1.165) is 27.8 Å². The summed E-state index contributed by atoms with van der Waals surface area (Å²) >= 11 is 0. The minimum absolute atomic E-state index is 0.000280. The van der Waals surface area contributed by atoms with Gasteiger partial charge >= 0.3 is 5.97 Å². The zero-order chi connectivity index (χ0) is 22.7. The lowest BCUT2D eigenvalue weighted by molar-refractivity contribution is -0.141. The van der Waals surface area contributed by atoms with Crippen LogP contribution in [-0.2, 0) is 16.1 Å². The maximum absolute atomic E-state index is 14.4. The van der Waals surface area contributed by atoms with Crippen LogP contribution in [0.5, 0.6) is 0 Å². The molecular weight excluding hydrogens is 393 g/mol. The minimum Gasteiger partial charge on any atom is -0.489 e. The summed E-state index contributed by atoms with van der Waals surface area (Å²) in [6.07, 6.45) is 5.45. The summed E-state index contributed by atoms with van der Waals surface area (Å²) in [4.78, 5) is 15.9. The van der Waals surface area contributed by atoms with E-state index in [4.69, 9.17) is 4.74 Å². The highest BCUT2D eigenvalue weighted by molar-refractivity contribution is 5.77. The SMILES string of the molecule is C=C(/C=C1/CC(C)C(C(=O)O)/C1=C/C)OCc1cc(-c2c(C)cccc2C)ncc1F. The highest BCUT2D eigenvalue weighted by Crippen LogP contribution is 2.41. The Morgan fingerprint density at radius 1 is 1.35 bits per heavy atom. The van der Waals surface area contributed by atoms with Crippen molar-refractivity contribution in [1.82, 2.24) is 4.98 Å². The number of aliphatic carboxylic acids is 1. The third-order valence-corrected chi connectivity index (χ3v) is 5.81. The molecule has 1 saturated carbocycles. The van der Waals surface area contributed by atoms with Gasteiger partial charge in [0, 0.05) is 11.1 Å². The summed E-state index contributed by atoms with van der Waals surface area (Å²) in [7, 11) is 0. The molecule has 0 saturated heterocycles. The van der Waals surface area contributed by atoms with E-state index in [9.17, 15) is 14.3 Å². The summed E-state index contributed by atoms with van der Waals surface area (Å²) in [6, 6.07) is 7.70. The van der Waals surface area contributed by atoms with Gasteiger partial charge in [-0.2, -0.15) is 0 Å². The number of hydrogen-bond acceptors (Lipinski definition) is 3. The van der Waals surface area contributed by atoms with Crippen LogP contribution in [0.15, 0.2) is 66.1 Å². The molecule has 1 heterocycles. The third-order valence-electron chi connectivity index (χ3n) is 5.81. The fraction of sp³-hybridized carbons (Fsp3) is 0.308. The number of hydrogen-bond donors (Lipinski definition) is 1. The molecule has 1 aromatic carbocycles. The summed E-state index contributed by atoms with van der Waals surface area (Å²) in [5.74, 6) is -1.42.